The molecule has 1 spiro atoms. The summed E-state index contributed by atoms with van der Waals surface area (Å²) in [5.41, 5.74) is 7.77. The SMILES string of the molecule is C1=C(c2ccc(-c3ccc4cc(-c5cnc(C6CC7(CC7)CN6)[nH]5)ccc4c3)cc2)[NH2+]C(C2NC3CCC2C3)=N1. The fourth-order valence-electron chi connectivity index (χ4n) is 7.67. The summed E-state index contributed by atoms with van der Waals surface area (Å²) in [4.78, 5) is 13.1. The summed E-state index contributed by atoms with van der Waals surface area (Å²) in [5.74, 6) is 3.06. The van der Waals surface area contributed by atoms with Crippen molar-refractivity contribution in [2.75, 3.05) is 6.54 Å². The fourth-order valence-corrected chi connectivity index (χ4v) is 7.67. The van der Waals surface area contributed by atoms with E-state index >= 15 is 0 Å². The molecule has 5 N–H and O–H groups in total. The number of aromatic nitrogens is 2. The number of nitrogens with one attached hydrogen (secondary N) is 3. The Morgan fingerprint density at radius 3 is 2.38 bits per heavy atom. The van der Waals surface area contributed by atoms with Crippen molar-refractivity contribution < 1.29 is 5.32 Å². The van der Waals surface area contributed by atoms with Crippen molar-refractivity contribution in [1.82, 2.24) is 20.6 Å². The van der Waals surface area contributed by atoms with E-state index in [2.05, 4.69) is 81.6 Å². The van der Waals surface area contributed by atoms with Gasteiger partial charge in [-0.3, -0.25) is 5.32 Å². The molecule has 4 aromatic rings. The number of benzene rings is 3. The molecule has 4 heterocycles. The number of rotatable bonds is 5. The van der Waals surface area contributed by atoms with Crippen LogP contribution in [-0.2, 0) is 0 Å². The molecule has 3 aliphatic heterocycles. The Labute approximate surface area is 234 Å². The maximum Gasteiger partial charge on any atom is 0.222 e. The highest BCUT2D eigenvalue weighted by atomic mass is 15.1. The van der Waals surface area contributed by atoms with Crippen LogP contribution in [0.5, 0.6) is 0 Å². The van der Waals surface area contributed by atoms with Crippen LogP contribution < -0.4 is 16.0 Å². The van der Waals surface area contributed by atoms with Crippen LogP contribution in [0.4, 0.5) is 0 Å². The smallest absolute Gasteiger partial charge is 0.222 e. The number of amidine groups is 1. The zero-order valence-corrected chi connectivity index (χ0v) is 22.7. The van der Waals surface area contributed by atoms with Crippen LogP contribution >= 0.6 is 0 Å². The number of piperidine rings is 1. The third-order valence-corrected chi connectivity index (χ3v) is 10.3. The number of nitrogens with two attached hydrogens (primary N) is 1. The predicted octanol–water partition coefficient (Wildman–Crippen LogP) is 5.13. The van der Waals surface area contributed by atoms with Crippen LogP contribution in [0.25, 0.3) is 38.9 Å². The minimum atomic E-state index is 0.363. The van der Waals surface area contributed by atoms with E-state index in [0.717, 1.165) is 24.0 Å². The van der Waals surface area contributed by atoms with Gasteiger partial charge in [0.1, 0.15) is 11.9 Å². The molecular weight excluding hydrogens is 492 g/mol. The van der Waals surface area contributed by atoms with Gasteiger partial charge in [0.05, 0.1) is 24.1 Å². The van der Waals surface area contributed by atoms with Crippen molar-refractivity contribution >= 4 is 22.3 Å². The molecule has 40 heavy (non-hydrogen) atoms. The molecule has 4 unspecified atom stereocenters. The van der Waals surface area contributed by atoms with Gasteiger partial charge >= 0.3 is 0 Å². The van der Waals surface area contributed by atoms with Gasteiger partial charge in [-0.2, -0.15) is 0 Å². The van der Waals surface area contributed by atoms with E-state index in [0.29, 0.717) is 23.5 Å². The van der Waals surface area contributed by atoms with Crippen LogP contribution in [0.15, 0.2) is 78.1 Å². The summed E-state index contributed by atoms with van der Waals surface area (Å²) in [6.45, 7) is 1.14. The number of imidazole rings is 1. The largest absolute Gasteiger partial charge is 0.341 e. The first-order valence-electron chi connectivity index (χ1n) is 15.0. The minimum Gasteiger partial charge on any atom is -0.341 e. The Hall–Kier alpha value is -3.58. The number of fused-ring (bicyclic) bond motifs is 3. The molecule has 4 atom stereocenters. The van der Waals surface area contributed by atoms with Crippen molar-refractivity contribution in [3.8, 4) is 22.4 Å². The molecule has 5 aliphatic rings. The third kappa shape index (κ3) is 3.89. The first-order chi connectivity index (χ1) is 19.7. The van der Waals surface area contributed by atoms with Crippen LogP contribution in [0.1, 0.15) is 56.0 Å². The van der Waals surface area contributed by atoms with Crippen molar-refractivity contribution in [2.24, 2.45) is 16.3 Å². The average molecular weight is 528 g/mol. The standard InChI is InChI=1S/C34H34N6/c1-3-21(29-17-36-33(40-29)31-26-9-10-27(15-26)38-31)4-2-20(1)22-5-6-24-14-25(8-7-23(24)13-22)30-18-35-32(39-30)28-16-34(11-12-34)19-37-28/h1-8,13-14,17-18,26-28,31,37-38H,9-12,15-16,19H2,(H,35,39)(H,36,40)/p+1. The molecule has 2 saturated heterocycles. The lowest BCUT2D eigenvalue weighted by Gasteiger charge is -2.20. The van der Waals surface area contributed by atoms with Crippen molar-refractivity contribution in [1.29, 1.82) is 0 Å². The Morgan fingerprint density at radius 2 is 1.62 bits per heavy atom. The number of aliphatic imine (C=N–C) groups is 1. The fraction of sp³-hybridized carbons (Fsp3) is 0.353. The molecule has 200 valence electrons. The number of hydrogen-bond acceptors (Lipinski definition) is 4. The van der Waals surface area contributed by atoms with Crippen molar-refractivity contribution in [3.05, 3.63) is 84.4 Å². The number of quaternary nitrogens is 1. The Balaban J connectivity index is 0.902. The summed E-state index contributed by atoms with van der Waals surface area (Å²) >= 11 is 0. The normalized spacial score (nSPS) is 28.0. The molecule has 3 aromatic carbocycles. The lowest BCUT2D eigenvalue weighted by atomic mass is 9.98. The van der Waals surface area contributed by atoms with Gasteiger partial charge in [0.25, 0.3) is 0 Å². The molecule has 9 rings (SSSR count). The monoisotopic (exact) mass is 527 g/mol. The maximum atomic E-state index is 4.79. The number of nitrogens with zero attached hydrogens (tertiary/aromatic N) is 2. The van der Waals surface area contributed by atoms with Crippen molar-refractivity contribution in [3.63, 3.8) is 0 Å². The molecule has 0 radical (unpaired) electrons. The molecule has 2 bridgehead atoms. The van der Waals surface area contributed by atoms with Crippen LogP contribution in [0.2, 0.25) is 0 Å². The van der Waals surface area contributed by atoms with Gasteiger partial charge in [0, 0.05) is 23.7 Å². The van der Waals surface area contributed by atoms with E-state index < -0.39 is 0 Å². The Kier molecular flexibility index (Phi) is 5.04. The van der Waals surface area contributed by atoms with Crippen LogP contribution in [0, 0.1) is 11.3 Å². The zero-order chi connectivity index (χ0) is 26.3. The van der Waals surface area contributed by atoms with Gasteiger partial charge in [-0.05, 0) is 96.0 Å². The highest BCUT2D eigenvalue weighted by Crippen LogP contribution is 2.54. The number of H-pyrrole nitrogens is 1. The Bertz CT molecular complexity index is 1690. The molecule has 6 nitrogen and oxygen atoms in total. The molecule has 6 heteroatoms. The molecule has 2 saturated carbocycles. The molecule has 1 aromatic heterocycles. The minimum absolute atomic E-state index is 0.363. The quantitative estimate of drug-likeness (QED) is 0.291. The van der Waals surface area contributed by atoms with E-state index in [1.54, 1.807) is 0 Å². The summed E-state index contributed by atoms with van der Waals surface area (Å²) in [6, 6.07) is 23.9. The molecule has 0 amide bonds. The van der Waals surface area contributed by atoms with Gasteiger partial charge in [-0.15, -0.1) is 0 Å². The van der Waals surface area contributed by atoms with Crippen LogP contribution in [0.3, 0.4) is 0 Å². The van der Waals surface area contributed by atoms with E-state index in [4.69, 9.17) is 9.98 Å². The Morgan fingerprint density at radius 1 is 0.850 bits per heavy atom. The van der Waals surface area contributed by atoms with E-state index in [1.165, 1.54) is 83.1 Å². The lowest BCUT2D eigenvalue weighted by molar-refractivity contribution is -0.434. The van der Waals surface area contributed by atoms with E-state index in [1.807, 2.05) is 12.4 Å². The topological polar surface area (TPSA) is 81.7 Å². The van der Waals surface area contributed by atoms with Crippen molar-refractivity contribution in [2.45, 2.75) is 56.7 Å². The third-order valence-electron chi connectivity index (χ3n) is 10.3. The maximum absolute atomic E-state index is 4.79. The van der Waals surface area contributed by atoms with E-state index in [-0.39, 0.29) is 0 Å². The van der Waals surface area contributed by atoms with Gasteiger partial charge in [0.2, 0.25) is 5.84 Å². The van der Waals surface area contributed by atoms with Gasteiger partial charge in [-0.25, -0.2) is 9.98 Å². The van der Waals surface area contributed by atoms with Gasteiger partial charge < -0.3 is 15.6 Å². The van der Waals surface area contributed by atoms with E-state index in [9.17, 15) is 0 Å². The second kappa shape index (κ2) is 8.71. The first kappa shape index (κ1) is 23.2. The zero-order valence-electron chi connectivity index (χ0n) is 22.7. The van der Waals surface area contributed by atoms with Gasteiger partial charge in [-0.1, -0.05) is 36.4 Å². The first-order valence-corrected chi connectivity index (χ1v) is 15.0. The summed E-state index contributed by atoms with van der Waals surface area (Å²) < 4.78 is 0. The lowest BCUT2D eigenvalue weighted by Crippen LogP contribution is -2.87. The number of aromatic amines is 1. The molecule has 2 aliphatic carbocycles. The summed E-state index contributed by atoms with van der Waals surface area (Å²) in [6.07, 6.45) is 12.0. The predicted molar refractivity (Wildman–Crippen MR) is 159 cm³/mol. The highest BCUT2D eigenvalue weighted by molar-refractivity contribution is 5.91. The summed E-state index contributed by atoms with van der Waals surface area (Å²) in [7, 11) is 0. The molecule has 4 fully saturated rings. The van der Waals surface area contributed by atoms with Crippen LogP contribution in [-0.4, -0.2) is 34.4 Å². The second-order valence-electron chi connectivity index (χ2n) is 12.9. The highest BCUT2D eigenvalue weighted by Gasteiger charge is 2.49. The average Bonchev–Trinajstić information content (AvgIpc) is 3.63. The molecular formula is C34H35N6+. The van der Waals surface area contributed by atoms with Gasteiger partial charge in [0.15, 0.2) is 5.70 Å². The number of hydrogen-bond donors (Lipinski definition) is 4. The summed E-state index contributed by atoms with van der Waals surface area (Å²) in [5, 5.41) is 12.2. The second-order valence-corrected chi connectivity index (χ2v) is 12.9.